The second-order valence-corrected chi connectivity index (χ2v) is 3.41. The molecule has 0 bridgehead atoms. The Bertz CT molecular complexity index is 480. The third kappa shape index (κ3) is 6.87. The molecule has 0 amide bonds. The molecule has 0 aliphatic heterocycles. The van der Waals surface area contributed by atoms with E-state index >= 15 is 0 Å². The van der Waals surface area contributed by atoms with E-state index < -0.39 is 0 Å². The van der Waals surface area contributed by atoms with Crippen LogP contribution in [0.4, 0.5) is 11.4 Å². The molecule has 0 fully saturated rings. The van der Waals surface area contributed by atoms with Gasteiger partial charge in [-0.2, -0.15) is 0 Å². The van der Waals surface area contributed by atoms with Gasteiger partial charge in [-0.05, 0) is 24.3 Å². The zero-order valence-electron chi connectivity index (χ0n) is 11.0. The Balaban J connectivity index is 0.000000364. The standard InChI is InChI=1S/2C6H6N2O2.Cd/c2*9-7-8(10)6-4-2-1-3-5-6;/h2*1-5,10H;. The number of nitroso groups, excluding NO2 is 2. The molecule has 0 radical (unpaired) electrons. The summed E-state index contributed by atoms with van der Waals surface area (Å²) >= 11 is 0. The molecule has 0 atom stereocenters. The van der Waals surface area contributed by atoms with Crippen LogP contribution in [0.15, 0.2) is 71.2 Å². The maximum absolute atomic E-state index is 9.73. The summed E-state index contributed by atoms with van der Waals surface area (Å²) < 4.78 is 0. The third-order valence-electron chi connectivity index (χ3n) is 2.13. The van der Waals surface area contributed by atoms with Gasteiger partial charge in [0.1, 0.15) is 0 Å². The molecule has 2 N–H and O–H groups in total. The van der Waals surface area contributed by atoms with Crippen molar-refractivity contribution >= 4 is 11.4 Å². The quantitative estimate of drug-likeness (QED) is 0.473. The van der Waals surface area contributed by atoms with E-state index in [1.807, 2.05) is 0 Å². The first-order chi connectivity index (χ1) is 9.69. The van der Waals surface area contributed by atoms with Crippen LogP contribution in [0.3, 0.4) is 0 Å². The molecule has 0 spiro atoms. The van der Waals surface area contributed by atoms with Gasteiger partial charge in [0.15, 0.2) is 0 Å². The van der Waals surface area contributed by atoms with Crippen LogP contribution in [-0.4, -0.2) is 10.4 Å². The number of nitrogens with zero attached hydrogens (tertiary/aromatic N) is 4. The number of hydrogen-bond donors (Lipinski definition) is 2. The largest absolute Gasteiger partial charge is 0.265 e. The van der Waals surface area contributed by atoms with Crippen LogP contribution in [0, 0.1) is 9.81 Å². The van der Waals surface area contributed by atoms with Gasteiger partial charge in [0.2, 0.25) is 0 Å². The molecule has 21 heavy (non-hydrogen) atoms. The van der Waals surface area contributed by atoms with E-state index in [9.17, 15) is 9.81 Å². The molecule has 0 unspecified atom stereocenters. The van der Waals surface area contributed by atoms with E-state index in [4.69, 9.17) is 10.4 Å². The molecule has 0 aliphatic carbocycles. The van der Waals surface area contributed by atoms with Gasteiger partial charge in [0.05, 0.1) is 21.9 Å². The van der Waals surface area contributed by atoms with E-state index in [-0.39, 0.29) is 37.6 Å². The Hall–Kier alpha value is -1.92. The van der Waals surface area contributed by atoms with E-state index in [0.29, 0.717) is 11.4 Å². The van der Waals surface area contributed by atoms with Crippen molar-refractivity contribution in [1.29, 1.82) is 0 Å². The van der Waals surface area contributed by atoms with E-state index in [1.54, 1.807) is 60.7 Å². The molecule has 8 nitrogen and oxygen atoms in total. The average molecular weight is 389 g/mol. The molecule has 106 valence electrons. The average Bonchev–Trinajstić information content (AvgIpc) is 2.55. The monoisotopic (exact) mass is 390 g/mol. The fourth-order valence-corrected chi connectivity index (χ4v) is 1.22. The van der Waals surface area contributed by atoms with Crippen LogP contribution in [0.5, 0.6) is 0 Å². The molecule has 2 aromatic rings. The molecule has 9 heteroatoms. The van der Waals surface area contributed by atoms with Crippen LogP contribution in [0.1, 0.15) is 0 Å². The Kier molecular flexibility index (Phi) is 9.83. The maximum atomic E-state index is 9.73. The molecule has 0 saturated heterocycles. The first-order valence-electron chi connectivity index (χ1n) is 5.43. The number of benzene rings is 2. The maximum Gasteiger partial charge on any atom is 0.0932 e. The summed E-state index contributed by atoms with van der Waals surface area (Å²) in [5.41, 5.74) is 0.718. The summed E-state index contributed by atoms with van der Waals surface area (Å²) in [6, 6.07) is 16.6. The summed E-state index contributed by atoms with van der Waals surface area (Å²) in [5.74, 6) is 0. The van der Waals surface area contributed by atoms with Crippen molar-refractivity contribution in [2.45, 2.75) is 0 Å². The summed E-state index contributed by atoms with van der Waals surface area (Å²) in [5, 5.41) is 22.5. The molecule has 0 heterocycles. The number of para-hydroxylation sites is 2. The first kappa shape index (κ1) is 19.1. The fraction of sp³-hybridized carbons (Fsp3) is 0. The van der Waals surface area contributed by atoms with Crippen molar-refractivity contribution < 1.29 is 37.7 Å². The minimum Gasteiger partial charge on any atom is -0.265 e. The molecule has 0 aliphatic rings. The van der Waals surface area contributed by atoms with Gasteiger partial charge in [-0.1, -0.05) is 36.4 Å². The van der Waals surface area contributed by atoms with Gasteiger partial charge in [-0.3, -0.25) is 10.4 Å². The second kappa shape index (κ2) is 10.8. The van der Waals surface area contributed by atoms with Gasteiger partial charge in [-0.25, -0.2) is 0 Å². The van der Waals surface area contributed by atoms with Crippen molar-refractivity contribution in [3.63, 3.8) is 0 Å². The van der Waals surface area contributed by atoms with Crippen molar-refractivity contribution in [3.8, 4) is 0 Å². The number of anilines is 2. The molecule has 2 aromatic carbocycles. The van der Waals surface area contributed by atoms with Gasteiger partial charge in [0.25, 0.3) is 0 Å². The van der Waals surface area contributed by atoms with Crippen LogP contribution in [0.25, 0.3) is 0 Å². The molecule has 0 saturated carbocycles. The third-order valence-corrected chi connectivity index (χ3v) is 2.13. The number of hydrogen-bond acceptors (Lipinski definition) is 6. The fourth-order valence-electron chi connectivity index (χ4n) is 1.22. The smallest absolute Gasteiger partial charge is 0.0932 e. The van der Waals surface area contributed by atoms with Crippen LogP contribution in [0.2, 0.25) is 0 Å². The predicted molar refractivity (Wildman–Crippen MR) is 73.0 cm³/mol. The number of rotatable bonds is 4. The normalized spacial score (nSPS) is 8.48. The van der Waals surface area contributed by atoms with Gasteiger partial charge >= 0.3 is 0 Å². The summed E-state index contributed by atoms with van der Waals surface area (Å²) in [6.45, 7) is 0. The Labute approximate surface area is 140 Å². The van der Waals surface area contributed by atoms with Crippen molar-refractivity contribution in [2.24, 2.45) is 10.6 Å². The SMILES string of the molecule is O=NN(O)c1ccccc1.O=NN(O)c1ccccc1.[Cd]. The Morgan fingerprint density at radius 1 is 0.667 bits per heavy atom. The summed E-state index contributed by atoms with van der Waals surface area (Å²) in [6.07, 6.45) is 0. The predicted octanol–water partition coefficient (Wildman–Crippen LogP) is 3.12. The van der Waals surface area contributed by atoms with Gasteiger partial charge in [0, 0.05) is 27.3 Å². The van der Waals surface area contributed by atoms with Crippen LogP contribution in [-0.2, 0) is 27.3 Å². The molecular weight excluding hydrogens is 377 g/mol. The topological polar surface area (TPSA) is 106 Å². The van der Waals surface area contributed by atoms with E-state index in [1.165, 1.54) is 0 Å². The minimum atomic E-state index is 0. The van der Waals surface area contributed by atoms with Gasteiger partial charge < -0.3 is 0 Å². The van der Waals surface area contributed by atoms with Crippen LogP contribution >= 0.6 is 0 Å². The molecule has 2 rings (SSSR count). The first-order valence-corrected chi connectivity index (χ1v) is 5.43. The summed E-state index contributed by atoms with van der Waals surface area (Å²) in [7, 11) is 0. The molecule has 0 aromatic heterocycles. The van der Waals surface area contributed by atoms with Crippen LogP contribution < -0.4 is 10.3 Å². The second-order valence-electron chi connectivity index (χ2n) is 3.41. The Morgan fingerprint density at radius 2 is 0.952 bits per heavy atom. The van der Waals surface area contributed by atoms with Crippen molar-refractivity contribution in [1.82, 2.24) is 0 Å². The Morgan fingerprint density at radius 3 is 1.19 bits per heavy atom. The van der Waals surface area contributed by atoms with E-state index in [0.717, 1.165) is 0 Å². The van der Waals surface area contributed by atoms with E-state index in [2.05, 4.69) is 10.6 Å². The minimum absolute atomic E-state index is 0. The zero-order valence-corrected chi connectivity index (χ0v) is 15.0. The summed E-state index contributed by atoms with van der Waals surface area (Å²) in [4.78, 5) is 19.5. The van der Waals surface area contributed by atoms with Crippen molar-refractivity contribution in [3.05, 3.63) is 70.5 Å². The zero-order chi connectivity index (χ0) is 14.8. The van der Waals surface area contributed by atoms with Crippen molar-refractivity contribution in [2.75, 3.05) is 10.3 Å². The molecular formula is C12H12CdN4O4. The van der Waals surface area contributed by atoms with Gasteiger partial charge in [-0.15, -0.1) is 20.2 Å².